The molecule has 1 fully saturated rings. The van der Waals surface area contributed by atoms with Gasteiger partial charge in [0.1, 0.15) is 12.6 Å². The monoisotopic (exact) mass is 327 g/mol. The number of alkyl carbamates (subject to hydrolysis) is 1. The van der Waals surface area contributed by atoms with Crippen LogP contribution >= 0.6 is 0 Å². The van der Waals surface area contributed by atoms with Crippen LogP contribution in [0.15, 0.2) is 12.7 Å². The molecule has 7 heteroatoms. The van der Waals surface area contributed by atoms with Crippen molar-refractivity contribution < 1.29 is 28.6 Å². The average molecular weight is 327 g/mol. The van der Waals surface area contributed by atoms with Crippen molar-refractivity contribution in [2.75, 3.05) is 20.3 Å². The number of carbonyl (C=O) groups excluding carboxylic acids is 3. The van der Waals surface area contributed by atoms with Gasteiger partial charge < -0.3 is 19.5 Å². The second kappa shape index (κ2) is 9.17. The van der Waals surface area contributed by atoms with Gasteiger partial charge in [0.15, 0.2) is 0 Å². The first-order valence-electron chi connectivity index (χ1n) is 7.75. The maximum atomic E-state index is 11.7. The maximum absolute atomic E-state index is 11.7. The fraction of sp³-hybridized carbons (Fsp3) is 0.688. The van der Waals surface area contributed by atoms with Crippen LogP contribution in [-0.4, -0.2) is 44.4 Å². The van der Waals surface area contributed by atoms with Gasteiger partial charge in [-0.05, 0) is 31.6 Å². The Kier molecular flexibility index (Phi) is 7.57. The van der Waals surface area contributed by atoms with Crippen LogP contribution in [0.4, 0.5) is 4.79 Å². The molecule has 0 radical (unpaired) electrons. The number of rotatable bonds is 9. The number of amides is 1. The van der Waals surface area contributed by atoms with E-state index < -0.39 is 18.2 Å². The number of hydrogen-bond acceptors (Lipinski definition) is 6. The van der Waals surface area contributed by atoms with Gasteiger partial charge in [-0.2, -0.15) is 0 Å². The first-order chi connectivity index (χ1) is 10.9. The highest BCUT2D eigenvalue weighted by molar-refractivity contribution is 5.78. The van der Waals surface area contributed by atoms with E-state index in [-0.39, 0.29) is 30.3 Å². The molecule has 0 aromatic heterocycles. The van der Waals surface area contributed by atoms with E-state index >= 15 is 0 Å². The lowest BCUT2D eigenvalue weighted by molar-refractivity contribution is -0.145. The van der Waals surface area contributed by atoms with Gasteiger partial charge in [0.05, 0.1) is 19.6 Å². The van der Waals surface area contributed by atoms with Gasteiger partial charge in [0, 0.05) is 0 Å². The molecule has 1 aliphatic rings. The Balaban J connectivity index is 2.32. The van der Waals surface area contributed by atoms with Crippen molar-refractivity contribution in [1.82, 2.24) is 5.32 Å². The normalized spacial score (nSPS) is 23.3. The lowest BCUT2D eigenvalue weighted by Gasteiger charge is -2.14. The smallest absolute Gasteiger partial charge is 0.408 e. The molecular formula is C16H25NO6. The highest BCUT2D eigenvalue weighted by Crippen LogP contribution is 2.49. The Morgan fingerprint density at radius 1 is 1.35 bits per heavy atom. The molecule has 0 aromatic carbocycles. The van der Waals surface area contributed by atoms with E-state index in [4.69, 9.17) is 9.47 Å². The summed E-state index contributed by atoms with van der Waals surface area (Å²) >= 11 is 0. The summed E-state index contributed by atoms with van der Waals surface area (Å²) in [4.78, 5) is 34.2. The lowest BCUT2D eigenvalue weighted by atomic mass is 10.1. The minimum absolute atomic E-state index is 0.0615. The van der Waals surface area contributed by atoms with Crippen molar-refractivity contribution in [3.05, 3.63) is 12.7 Å². The van der Waals surface area contributed by atoms with E-state index in [2.05, 4.69) is 16.6 Å². The molecule has 7 nitrogen and oxygen atoms in total. The van der Waals surface area contributed by atoms with Crippen molar-refractivity contribution in [2.24, 2.45) is 17.8 Å². The van der Waals surface area contributed by atoms with Gasteiger partial charge in [0.25, 0.3) is 0 Å². The van der Waals surface area contributed by atoms with Crippen LogP contribution in [0, 0.1) is 17.8 Å². The predicted molar refractivity (Wildman–Crippen MR) is 82.5 cm³/mol. The molecule has 0 bridgehead atoms. The average Bonchev–Trinajstić information content (AvgIpc) is 3.19. The van der Waals surface area contributed by atoms with Crippen molar-refractivity contribution in [1.29, 1.82) is 0 Å². The van der Waals surface area contributed by atoms with Gasteiger partial charge in [-0.3, -0.25) is 9.59 Å². The van der Waals surface area contributed by atoms with Crippen LogP contribution in [0.25, 0.3) is 0 Å². The Morgan fingerprint density at radius 2 is 2.04 bits per heavy atom. The van der Waals surface area contributed by atoms with Crippen LogP contribution < -0.4 is 5.32 Å². The molecular weight excluding hydrogens is 302 g/mol. The second-order valence-corrected chi connectivity index (χ2v) is 5.49. The molecule has 23 heavy (non-hydrogen) atoms. The first kappa shape index (κ1) is 19.0. The molecule has 0 heterocycles. The summed E-state index contributed by atoms with van der Waals surface area (Å²) in [6, 6.07) is 0. The minimum atomic E-state index is -0.703. The van der Waals surface area contributed by atoms with Crippen molar-refractivity contribution in [2.45, 2.75) is 32.8 Å². The summed E-state index contributed by atoms with van der Waals surface area (Å²) in [7, 11) is 1.23. The van der Waals surface area contributed by atoms with Crippen LogP contribution in [0.5, 0.6) is 0 Å². The summed E-state index contributed by atoms with van der Waals surface area (Å²) in [5, 5.41) is 2.30. The molecule has 130 valence electrons. The van der Waals surface area contributed by atoms with E-state index in [9.17, 15) is 14.4 Å². The lowest BCUT2D eigenvalue weighted by Crippen LogP contribution is -2.33. The summed E-state index contributed by atoms with van der Waals surface area (Å²) in [6.45, 7) is 7.57. The molecule has 0 aliphatic heterocycles. The fourth-order valence-electron chi connectivity index (χ4n) is 2.59. The molecule has 0 spiro atoms. The highest BCUT2D eigenvalue weighted by atomic mass is 16.6. The van der Waals surface area contributed by atoms with Crippen molar-refractivity contribution in [3.63, 3.8) is 0 Å². The Bertz CT molecular complexity index is 450. The molecule has 1 rings (SSSR count). The van der Waals surface area contributed by atoms with Gasteiger partial charge in [0.2, 0.25) is 0 Å². The fourth-order valence-corrected chi connectivity index (χ4v) is 2.59. The SMILES string of the molecule is C=CC(CC[C@@H]1C(C)C1C(=O)OCC)OC(=O)NCC(=O)OC. The molecule has 0 saturated heterocycles. The zero-order chi connectivity index (χ0) is 17.4. The van der Waals surface area contributed by atoms with Crippen LogP contribution in [-0.2, 0) is 23.8 Å². The van der Waals surface area contributed by atoms with Crippen molar-refractivity contribution >= 4 is 18.0 Å². The molecule has 1 N–H and O–H groups in total. The zero-order valence-corrected chi connectivity index (χ0v) is 13.9. The van der Waals surface area contributed by atoms with Gasteiger partial charge >= 0.3 is 18.0 Å². The molecule has 1 amide bonds. The van der Waals surface area contributed by atoms with E-state index in [0.29, 0.717) is 13.0 Å². The standard InChI is InChI=1S/C16H25NO6/c1-5-11(23-16(20)17-9-13(18)21-4)7-8-12-10(3)14(12)15(19)22-6-2/h5,10-12,14H,1,6-9H2,2-4H3,(H,17,20)/t10?,11?,12-,14?/m1/s1. The van der Waals surface area contributed by atoms with Gasteiger partial charge in [-0.25, -0.2) is 4.79 Å². The number of esters is 2. The van der Waals surface area contributed by atoms with E-state index in [0.717, 1.165) is 6.42 Å². The molecule has 1 aliphatic carbocycles. The molecule has 3 unspecified atom stereocenters. The number of ether oxygens (including phenoxy) is 3. The predicted octanol–water partition coefficient (Wildman–Crippen LogP) is 1.67. The molecule has 1 saturated carbocycles. The zero-order valence-electron chi connectivity index (χ0n) is 13.9. The van der Waals surface area contributed by atoms with Crippen molar-refractivity contribution in [3.8, 4) is 0 Å². The molecule has 4 atom stereocenters. The maximum Gasteiger partial charge on any atom is 0.408 e. The number of nitrogens with one attached hydrogen (secondary N) is 1. The van der Waals surface area contributed by atoms with Gasteiger partial charge in [-0.1, -0.05) is 19.6 Å². The Morgan fingerprint density at radius 3 is 2.61 bits per heavy atom. The van der Waals surface area contributed by atoms with E-state index in [1.54, 1.807) is 6.92 Å². The third-order valence-electron chi connectivity index (χ3n) is 4.03. The third kappa shape index (κ3) is 5.92. The minimum Gasteiger partial charge on any atom is -0.468 e. The molecule has 0 aromatic rings. The summed E-state index contributed by atoms with van der Waals surface area (Å²) in [5.41, 5.74) is 0. The van der Waals surface area contributed by atoms with Crippen LogP contribution in [0.1, 0.15) is 26.7 Å². The quantitative estimate of drug-likeness (QED) is 0.393. The summed E-state index contributed by atoms with van der Waals surface area (Å²) in [6.07, 6.45) is 1.67. The van der Waals surface area contributed by atoms with E-state index in [1.807, 2.05) is 6.92 Å². The summed E-state index contributed by atoms with van der Waals surface area (Å²) < 4.78 is 14.6. The summed E-state index contributed by atoms with van der Waals surface area (Å²) in [5.74, 6) is -0.238. The van der Waals surface area contributed by atoms with Gasteiger partial charge in [-0.15, -0.1) is 0 Å². The topological polar surface area (TPSA) is 90.9 Å². The number of hydrogen-bond donors (Lipinski definition) is 1. The van der Waals surface area contributed by atoms with Crippen LogP contribution in [0.3, 0.4) is 0 Å². The second-order valence-electron chi connectivity index (χ2n) is 5.49. The number of carbonyl (C=O) groups is 3. The largest absolute Gasteiger partial charge is 0.468 e. The van der Waals surface area contributed by atoms with E-state index in [1.165, 1.54) is 13.2 Å². The van der Waals surface area contributed by atoms with Crippen LogP contribution in [0.2, 0.25) is 0 Å². The third-order valence-corrected chi connectivity index (χ3v) is 4.03. The Labute approximate surface area is 136 Å². The Hall–Kier alpha value is -2.05. The number of methoxy groups -OCH3 is 1. The highest BCUT2D eigenvalue weighted by Gasteiger charge is 2.52. The first-order valence-corrected chi connectivity index (χ1v) is 7.75.